The summed E-state index contributed by atoms with van der Waals surface area (Å²) in [5.41, 5.74) is 1.21. The third-order valence-electron chi connectivity index (χ3n) is 12.5. The summed E-state index contributed by atoms with van der Waals surface area (Å²) in [6.45, 7) is 10.8. The van der Waals surface area contributed by atoms with Crippen LogP contribution in [0.25, 0.3) is 0 Å². The highest BCUT2D eigenvalue weighted by Crippen LogP contribution is 2.75. The van der Waals surface area contributed by atoms with E-state index in [-0.39, 0.29) is 35.1 Å². The molecular formula is C35H42O7. The van der Waals surface area contributed by atoms with E-state index in [0.29, 0.717) is 18.6 Å². The van der Waals surface area contributed by atoms with E-state index in [1.54, 1.807) is 18.4 Å². The number of carbonyl (C=O) groups is 2. The maximum Gasteiger partial charge on any atom is 0.338 e. The Morgan fingerprint density at radius 3 is 2.48 bits per heavy atom. The number of esters is 2. The maximum absolute atomic E-state index is 13.6. The fourth-order valence-corrected chi connectivity index (χ4v) is 10.8. The molecule has 224 valence electrons. The molecule has 1 saturated heterocycles. The van der Waals surface area contributed by atoms with Gasteiger partial charge in [-0.15, -0.1) is 0 Å². The van der Waals surface area contributed by atoms with Gasteiger partial charge in [0.1, 0.15) is 12.2 Å². The Balaban J connectivity index is 1.34. The Hall–Kier alpha value is -2.90. The standard InChI is InChI=1S/C35H42O7/c1-20(36)41-26-17-27(42-31(38)21-9-7-6-8-10-21)35(5)25-13-15-32(2)23(22-14-16-39-18-22)11-12-24(32)34(25,4)30(37)28-29(35)33(26,3)19-40-28/h6-10,12,14,16,18,23,25-30,37H,11,13,15,17,19H2,1-5H3/t23?,25?,26-,27+,28?,29?,30-,32+,33-,34+,35+/m1/s1. The van der Waals surface area contributed by atoms with E-state index in [1.165, 1.54) is 18.1 Å². The van der Waals surface area contributed by atoms with E-state index in [1.807, 2.05) is 24.5 Å². The van der Waals surface area contributed by atoms with Crippen LogP contribution in [0, 0.1) is 33.5 Å². The zero-order chi connectivity index (χ0) is 29.7. The summed E-state index contributed by atoms with van der Waals surface area (Å²) < 4.78 is 24.5. The third-order valence-corrected chi connectivity index (χ3v) is 12.5. The van der Waals surface area contributed by atoms with Crippen LogP contribution in [0.3, 0.4) is 0 Å². The normalized spacial score (nSPS) is 45.3. The highest BCUT2D eigenvalue weighted by molar-refractivity contribution is 5.89. The third kappa shape index (κ3) is 3.53. The molecule has 4 fully saturated rings. The molecule has 1 aromatic heterocycles. The van der Waals surface area contributed by atoms with Crippen molar-refractivity contribution in [2.45, 2.75) is 90.6 Å². The molecule has 7 nitrogen and oxygen atoms in total. The number of fused-ring (bicyclic) bond motifs is 4. The lowest BCUT2D eigenvalue weighted by atomic mass is 9.36. The van der Waals surface area contributed by atoms with Gasteiger partial charge in [0.05, 0.1) is 36.9 Å². The van der Waals surface area contributed by atoms with Crippen LogP contribution >= 0.6 is 0 Å². The Morgan fingerprint density at radius 2 is 1.79 bits per heavy atom. The molecule has 5 aliphatic rings. The van der Waals surface area contributed by atoms with Gasteiger partial charge in [-0.25, -0.2) is 4.79 Å². The fraction of sp³-hybridized carbons (Fsp3) is 0.600. The van der Waals surface area contributed by atoms with E-state index in [9.17, 15) is 14.7 Å². The minimum absolute atomic E-state index is 0.0246. The van der Waals surface area contributed by atoms with Gasteiger partial charge in [-0.05, 0) is 60.3 Å². The second-order valence-corrected chi connectivity index (χ2v) is 14.4. The van der Waals surface area contributed by atoms with Gasteiger partial charge in [0.2, 0.25) is 0 Å². The van der Waals surface area contributed by atoms with Gasteiger partial charge in [-0.3, -0.25) is 4.79 Å². The zero-order valence-electron chi connectivity index (χ0n) is 25.2. The molecule has 1 N–H and O–H groups in total. The van der Waals surface area contributed by atoms with Crippen molar-refractivity contribution in [3.05, 3.63) is 71.7 Å². The van der Waals surface area contributed by atoms with Crippen LogP contribution in [0.2, 0.25) is 0 Å². The summed E-state index contributed by atoms with van der Waals surface area (Å²) in [6, 6.07) is 11.1. The summed E-state index contributed by atoms with van der Waals surface area (Å²) in [5, 5.41) is 12.4. The van der Waals surface area contributed by atoms with Crippen LogP contribution in [0.15, 0.2) is 65.0 Å². The summed E-state index contributed by atoms with van der Waals surface area (Å²) >= 11 is 0. The first-order chi connectivity index (χ1) is 20.0. The lowest BCUT2D eigenvalue weighted by Gasteiger charge is -2.69. The highest BCUT2D eigenvalue weighted by Gasteiger charge is 2.77. The first-order valence-electron chi connectivity index (χ1n) is 15.4. The Morgan fingerprint density at radius 1 is 1.02 bits per heavy atom. The van der Waals surface area contributed by atoms with Crippen molar-refractivity contribution in [1.29, 1.82) is 0 Å². The SMILES string of the molecule is CC(=O)O[C@@H]1C[C@H](OC(=O)c2ccccc2)[C@@]2(C)C3C(OC[C@@]31C)[C@@H](O)[C@@]1(C)C3=CCC(c4ccoc4)[C@]3(C)CCC21. The molecule has 7 heteroatoms. The van der Waals surface area contributed by atoms with Crippen molar-refractivity contribution in [2.24, 2.45) is 33.5 Å². The molecule has 7 rings (SSSR count). The van der Waals surface area contributed by atoms with Crippen LogP contribution in [-0.4, -0.2) is 48.1 Å². The van der Waals surface area contributed by atoms with Crippen molar-refractivity contribution in [2.75, 3.05) is 6.61 Å². The van der Waals surface area contributed by atoms with E-state index in [2.05, 4.69) is 39.8 Å². The van der Waals surface area contributed by atoms with E-state index >= 15 is 0 Å². The van der Waals surface area contributed by atoms with Crippen LogP contribution in [0.1, 0.15) is 82.1 Å². The largest absolute Gasteiger partial charge is 0.472 e. The van der Waals surface area contributed by atoms with Gasteiger partial charge in [0.15, 0.2) is 0 Å². The maximum atomic E-state index is 13.6. The average Bonchev–Trinajstić information content (AvgIpc) is 3.69. The number of carbonyl (C=O) groups excluding carboxylic acids is 2. The van der Waals surface area contributed by atoms with Crippen molar-refractivity contribution >= 4 is 11.9 Å². The second kappa shape index (κ2) is 9.30. The smallest absolute Gasteiger partial charge is 0.338 e. The molecule has 4 aliphatic carbocycles. The number of ether oxygens (including phenoxy) is 3. The molecule has 0 spiro atoms. The molecular weight excluding hydrogens is 532 g/mol. The minimum Gasteiger partial charge on any atom is -0.472 e. The number of furan rings is 1. The van der Waals surface area contributed by atoms with E-state index < -0.39 is 40.7 Å². The molecule has 0 radical (unpaired) electrons. The lowest BCUT2D eigenvalue weighted by molar-refractivity contribution is -0.257. The molecule has 2 aromatic rings. The summed E-state index contributed by atoms with van der Waals surface area (Å²) in [7, 11) is 0. The number of hydrogen-bond donors (Lipinski definition) is 1. The second-order valence-electron chi connectivity index (χ2n) is 14.4. The summed E-state index contributed by atoms with van der Waals surface area (Å²) in [4.78, 5) is 25.9. The number of benzene rings is 1. The van der Waals surface area contributed by atoms with E-state index in [0.717, 1.165) is 19.3 Å². The topological polar surface area (TPSA) is 95.2 Å². The Kier molecular flexibility index (Phi) is 6.18. The molecule has 1 aromatic carbocycles. The van der Waals surface area contributed by atoms with Gasteiger partial charge in [0.25, 0.3) is 0 Å². The minimum atomic E-state index is -0.752. The number of aliphatic hydroxyl groups excluding tert-OH is 1. The Bertz CT molecular complexity index is 1420. The molecule has 42 heavy (non-hydrogen) atoms. The molecule has 4 unspecified atom stereocenters. The van der Waals surface area contributed by atoms with Gasteiger partial charge in [0, 0.05) is 35.5 Å². The van der Waals surface area contributed by atoms with Crippen molar-refractivity contribution in [1.82, 2.24) is 0 Å². The van der Waals surface area contributed by atoms with Crippen molar-refractivity contribution in [3.63, 3.8) is 0 Å². The number of hydrogen-bond acceptors (Lipinski definition) is 7. The number of allylic oxidation sites excluding steroid dienone is 1. The average molecular weight is 575 g/mol. The van der Waals surface area contributed by atoms with Gasteiger partial charge < -0.3 is 23.7 Å². The lowest BCUT2D eigenvalue weighted by Crippen LogP contribution is -2.73. The van der Waals surface area contributed by atoms with Crippen molar-refractivity contribution < 1.29 is 33.3 Å². The number of aliphatic hydroxyl groups is 1. The van der Waals surface area contributed by atoms with Gasteiger partial charge in [-0.2, -0.15) is 0 Å². The van der Waals surface area contributed by atoms with Crippen molar-refractivity contribution in [3.8, 4) is 0 Å². The molecule has 2 heterocycles. The van der Waals surface area contributed by atoms with Gasteiger partial charge >= 0.3 is 11.9 Å². The first-order valence-corrected chi connectivity index (χ1v) is 15.4. The summed E-state index contributed by atoms with van der Waals surface area (Å²) in [6.07, 6.45) is 6.84. The zero-order valence-corrected chi connectivity index (χ0v) is 25.2. The monoisotopic (exact) mass is 574 g/mol. The first kappa shape index (κ1) is 27.9. The molecule has 1 aliphatic heterocycles. The van der Waals surface area contributed by atoms with Crippen LogP contribution in [0.4, 0.5) is 0 Å². The Labute approximate surface area is 247 Å². The number of rotatable bonds is 4. The van der Waals surface area contributed by atoms with E-state index in [4.69, 9.17) is 18.6 Å². The molecule has 3 saturated carbocycles. The predicted octanol–water partition coefficient (Wildman–Crippen LogP) is 6.08. The fourth-order valence-electron chi connectivity index (χ4n) is 10.8. The van der Waals surface area contributed by atoms with Crippen LogP contribution < -0.4 is 0 Å². The molecule has 0 bridgehead atoms. The summed E-state index contributed by atoms with van der Waals surface area (Å²) in [5.74, 6) is -0.603. The predicted molar refractivity (Wildman–Crippen MR) is 154 cm³/mol. The van der Waals surface area contributed by atoms with Crippen LogP contribution in [0.5, 0.6) is 0 Å². The molecule has 11 atom stereocenters. The quantitative estimate of drug-likeness (QED) is 0.349. The highest BCUT2D eigenvalue weighted by atomic mass is 16.6. The van der Waals surface area contributed by atoms with Gasteiger partial charge in [-0.1, -0.05) is 57.5 Å². The van der Waals surface area contributed by atoms with Crippen LogP contribution in [-0.2, 0) is 19.0 Å². The molecule has 0 amide bonds.